The Bertz CT molecular complexity index is 447. The Morgan fingerprint density at radius 1 is 1.20 bits per heavy atom. The Kier molecular flexibility index (Phi) is 7.14. The van der Waals surface area contributed by atoms with Gasteiger partial charge in [-0.25, -0.2) is 0 Å². The van der Waals surface area contributed by atoms with Crippen molar-refractivity contribution in [1.82, 2.24) is 15.5 Å². The highest BCUT2D eigenvalue weighted by Crippen LogP contribution is 2.13. The van der Waals surface area contributed by atoms with Crippen molar-refractivity contribution in [2.45, 2.75) is 58.9 Å². The zero-order valence-corrected chi connectivity index (χ0v) is 13.0. The number of anilines is 1. The van der Waals surface area contributed by atoms with E-state index in [-0.39, 0.29) is 6.04 Å². The summed E-state index contributed by atoms with van der Waals surface area (Å²) < 4.78 is 0. The Labute approximate surface area is 123 Å². The molecule has 0 saturated carbocycles. The molecule has 1 rings (SSSR count). The SMILES string of the molecule is CCCCCC[C@H](C)NC(=O)C(=O)Nc1nnc(C)s1. The number of nitrogens with zero attached hydrogens (tertiary/aromatic N) is 2. The molecular formula is C13H22N4O2S. The van der Waals surface area contributed by atoms with Crippen LogP contribution in [0.5, 0.6) is 0 Å². The number of carbonyl (C=O) groups excluding carboxylic acids is 2. The Morgan fingerprint density at radius 3 is 2.55 bits per heavy atom. The van der Waals surface area contributed by atoms with Gasteiger partial charge in [0.1, 0.15) is 5.01 Å². The normalized spacial score (nSPS) is 11.9. The van der Waals surface area contributed by atoms with Crippen LogP contribution in [0.1, 0.15) is 51.0 Å². The van der Waals surface area contributed by atoms with E-state index < -0.39 is 11.8 Å². The third kappa shape index (κ3) is 6.10. The number of nitrogens with one attached hydrogen (secondary N) is 2. The summed E-state index contributed by atoms with van der Waals surface area (Å²) in [6, 6.07) is 0.00117. The number of carbonyl (C=O) groups is 2. The van der Waals surface area contributed by atoms with Crippen LogP contribution in [0.4, 0.5) is 5.13 Å². The highest BCUT2D eigenvalue weighted by Gasteiger charge is 2.17. The van der Waals surface area contributed by atoms with Crippen molar-refractivity contribution in [3.8, 4) is 0 Å². The van der Waals surface area contributed by atoms with Gasteiger partial charge in [0, 0.05) is 6.04 Å². The molecule has 112 valence electrons. The second-order valence-corrected chi connectivity index (χ2v) is 5.99. The molecule has 0 fully saturated rings. The van der Waals surface area contributed by atoms with Crippen molar-refractivity contribution in [2.75, 3.05) is 5.32 Å². The monoisotopic (exact) mass is 298 g/mol. The fourth-order valence-corrected chi connectivity index (χ4v) is 2.33. The molecule has 1 heterocycles. The molecule has 0 aliphatic rings. The van der Waals surface area contributed by atoms with Crippen LogP contribution in [0, 0.1) is 6.92 Å². The summed E-state index contributed by atoms with van der Waals surface area (Å²) in [7, 11) is 0. The van der Waals surface area contributed by atoms with E-state index in [0.717, 1.165) is 24.3 Å². The van der Waals surface area contributed by atoms with Crippen molar-refractivity contribution in [3.05, 3.63) is 5.01 Å². The molecule has 0 aromatic carbocycles. The van der Waals surface area contributed by atoms with Crippen molar-refractivity contribution in [1.29, 1.82) is 0 Å². The summed E-state index contributed by atoms with van der Waals surface area (Å²) in [4.78, 5) is 23.3. The predicted molar refractivity (Wildman–Crippen MR) is 79.6 cm³/mol. The molecule has 1 atom stereocenters. The summed E-state index contributed by atoms with van der Waals surface area (Å²) >= 11 is 1.24. The van der Waals surface area contributed by atoms with Gasteiger partial charge in [0.2, 0.25) is 5.13 Å². The highest BCUT2D eigenvalue weighted by atomic mass is 32.1. The van der Waals surface area contributed by atoms with Crippen LogP contribution in [0.15, 0.2) is 0 Å². The maximum Gasteiger partial charge on any atom is 0.315 e. The third-order valence-electron chi connectivity index (χ3n) is 2.82. The van der Waals surface area contributed by atoms with Gasteiger partial charge in [0.15, 0.2) is 0 Å². The first kappa shape index (κ1) is 16.6. The lowest BCUT2D eigenvalue weighted by atomic mass is 10.1. The van der Waals surface area contributed by atoms with E-state index in [1.165, 1.54) is 24.2 Å². The topological polar surface area (TPSA) is 84.0 Å². The van der Waals surface area contributed by atoms with Crippen molar-refractivity contribution in [3.63, 3.8) is 0 Å². The molecule has 0 bridgehead atoms. The van der Waals surface area contributed by atoms with Gasteiger partial charge >= 0.3 is 11.8 Å². The van der Waals surface area contributed by atoms with Crippen LogP contribution in [0.2, 0.25) is 0 Å². The quantitative estimate of drug-likeness (QED) is 0.597. The van der Waals surface area contributed by atoms with Gasteiger partial charge in [-0.3, -0.25) is 14.9 Å². The highest BCUT2D eigenvalue weighted by molar-refractivity contribution is 7.15. The van der Waals surface area contributed by atoms with Gasteiger partial charge < -0.3 is 5.32 Å². The largest absolute Gasteiger partial charge is 0.345 e. The van der Waals surface area contributed by atoms with E-state index in [1.807, 2.05) is 6.92 Å². The fourth-order valence-electron chi connectivity index (χ4n) is 1.74. The molecule has 2 amide bonds. The first-order chi connectivity index (χ1) is 9.52. The van der Waals surface area contributed by atoms with E-state index in [4.69, 9.17) is 0 Å². The predicted octanol–water partition coefficient (Wildman–Crippen LogP) is 2.26. The lowest BCUT2D eigenvalue weighted by Crippen LogP contribution is -2.40. The molecule has 0 aliphatic carbocycles. The lowest BCUT2D eigenvalue weighted by molar-refractivity contribution is -0.136. The maximum absolute atomic E-state index is 11.7. The van der Waals surface area contributed by atoms with Crippen LogP contribution in [0.3, 0.4) is 0 Å². The Hall–Kier alpha value is -1.50. The number of unbranched alkanes of at least 4 members (excludes halogenated alkanes) is 3. The van der Waals surface area contributed by atoms with Crippen molar-refractivity contribution in [2.24, 2.45) is 0 Å². The van der Waals surface area contributed by atoms with Crippen LogP contribution < -0.4 is 10.6 Å². The van der Waals surface area contributed by atoms with E-state index in [1.54, 1.807) is 6.92 Å². The number of amides is 2. The minimum absolute atomic E-state index is 0.00117. The molecule has 6 nitrogen and oxygen atoms in total. The smallest absolute Gasteiger partial charge is 0.315 e. The van der Waals surface area contributed by atoms with Gasteiger partial charge in [-0.05, 0) is 20.3 Å². The number of hydrogen-bond donors (Lipinski definition) is 2. The first-order valence-electron chi connectivity index (χ1n) is 6.95. The summed E-state index contributed by atoms with van der Waals surface area (Å²) in [5, 5.41) is 13.7. The van der Waals surface area contributed by atoms with Crippen LogP contribution in [-0.2, 0) is 9.59 Å². The van der Waals surface area contributed by atoms with Gasteiger partial charge in [-0.2, -0.15) is 0 Å². The second kappa shape index (κ2) is 8.63. The van der Waals surface area contributed by atoms with Gasteiger partial charge in [-0.1, -0.05) is 43.9 Å². The summed E-state index contributed by atoms with van der Waals surface area (Å²) in [6.07, 6.45) is 5.50. The number of hydrogen-bond acceptors (Lipinski definition) is 5. The molecule has 1 aromatic heterocycles. The van der Waals surface area contributed by atoms with Crippen molar-refractivity contribution >= 4 is 28.3 Å². The molecule has 0 unspecified atom stereocenters. The molecular weight excluding hydrogens is 276 g/mol. The fraction of sp³-hybridized carbons (Fsp3) is 0.692. The average molecular weight is 298 g/mol. The molecule has 7 heteroatoms. The van der Waals surface area contributed by atoms with Gasteiger partial charge in [0.25, 0.3) is 0 Å². The molecule has 0 radical (unpaired) electrons. The lowest BCUT2D eigenvalue weighted by Gasteiger charge is -2.12. The van der Waals surface area contributed by atoms with Crippen LogP contribution in [-0.4, -0.2) is 28.1 Å². The first-order valence-corrected chi connectivity index (χ1v) is 7.76. The number of aromatic nitrogens is 2. The zero-order valence-electron chi connectivity index (χ0n) is 12.2. The summed E-state index contributed by atoms with van der Waals surface area (Å²) in [5.74, 6) is -1.32. The number of rotatable bonds is 7. The maximum atomic E-state index is 11.7. The summed E-state index contributed by atoms with van der Waals surface area (Å²) in [6.45, 7) is 5.85. The minimum atomic E-state index is -0.693. The Morgan fingerprint density at radius 2 is 1.95 bits per heavy atom. The average Bonchev–Trinajstić information content (AvgIpc) is 2.80. The second-order valence-electron chi connectivity index (χ2n) is 4.80. The molecule has 20 heavy (non-hydrogen) atoms. The minimum Gasteiger partial charge on any atom is -0.345 e. The van der Waals surface area contributed by atoms with Gasteiger partial charge in [0.05, 0.1) is 0 Å². The summed E-state index contributed by atoms with van der Waals surface area (Å²) in [5.41, 5.74) is 0. The molecule has 1 aromatic rings. The van der Waals surface area contributed by atoms with Crippen LogP contribution >= 0.6 is 11.3 Å². The molecule has 0 aliphatic heterocycles. The zero-order chi connectivity index (χ0) is 15.0. The molecule has 0 spiro atoms. The van der Waals surface area contributed by atoms with E-state index in [2.05, 4.69) is 27.8 Å². The standard InChI is InChI=1S/C13H22N4O2S/c1-4-5-6-7-8-9(2)14-11(18)12(19)15-13-17-16-10(3)20-13/h9H,4-8H2,1-3H3,(H,14,18)(H,15,17,19)/t9-/m0/s1. The van der Waals surface area contributed by atoms with E-state index in [9.17, 15) is 9.59 Å². The third-order valence-corrected chi connectivity index (χ3v) is 3.58. The Balaban J connectivity index is 2.28. The van der Waals surface area contributed by atoms with E-state index >= 15 is 0 Å². The molecule has 2 N–H and O–H groups in total. The van der Waals surface area contributed by atoms with Crippen molar-refractivity contribution < 1.29 is 9.59 Å². The molecule has 0 saturated heterocycles. The number of aryl methyl sites for hydroxylation is 1. The van der Waals surface area contributed by atoms with Gasteiger partial charge in [-0.15, -0.1) is 10.2 Å². The van der Waals surface area contributed by atoms with Crippen LogP contribution in [0.25, 0.3) is 0 Å². The van der Waals surface area contributed by atoms with E-state index in [0.29, 0.717) is 5.13 Å².